The highest BCUT2D eigenvalue weighted by Gasteiger charge is 2.35. The zero-order valence-corrected chi connectivity index (χ0v) is 19.3. The molecule has 2 amide bonds. The molecule has 0 saturated carbocycles. The molecule has 0 bridgehead atoms. The minimum Gasteiger partial charge on any atom is -0.504 e. The number of rotatable bonds is 5. The summed E-state index contributed by atoms with van der Waals surface area (Å²) in [6, 6.07) is 8.62. The molecule has 1 saturated heterocycles. The van der Waals surface area contributed by atoms with Crippen LogP contribution in [0, 0.1) is 0 Å². The van der Waals surface area contributed by atoms with E-state index in [0.29, 0.717) is 26.1 Å². The molecule has 1 heterocycles. The molecule has 1 fully saturated rings. The van der Waals surface area contributed by atoms with E-state index >= 15 is 0 Å². The van der Waals surface area contributed by atoms with Gasteiger partial charge in [-0.1, -0.05) is 23.7 Å². The Morgan fingerprint density at radius 2 is 2.04 bits per heavy atom. The van der Waals surface area contributed by atoms with Crippen LogP contribution in [0.5, 0.6) is 11.5 Å². The number of halogens is 3. The fourth-order valence-corrected chi connectivity index (χ4v) is 4.47. The normalized spacial score (nSPS) is 15.6. The number of nitrogens with zero attached hydrogens (tertiary/aromatic N) is 1. The van der Waals surface area contributed by atoms with Crippen molar-refractivity contribution in [2.45, 2.75) is 13.5 Å². The average Bonchev–Trinajstić information content (AvgIpc) is 2.91. The summed E-state index contributed by atoms with van der Waals surface area (Å²) >= 11 is 13.6. The van der Waals surface area contributed by atoms with E-state index in [2.05, 4.69) is 31.9 Å². The first-order chi connectivity index (χ1) is 13.3. The van der Waals surface area contributed by atoms with Crippen LogP contribution in [0.25, 0.3) is 6.08 Å². The minimum absolute atomic E-state index is 0.112. The molecule has 3 rings (SSSR count). The van der Waals surface area contributed by atoms with Gasteiger partial charge in [-0.25, -0.2) is 0 Å². The monoisotopic (exact) mass is 545 g/mol. The van der Waals surface area contributed by atoms with Crippen molar-refractivity contribution in [2.75, 3.05) is 6.61 Å². The third-order valence-corrected chi connectivity index (χ3v) is 7.03. The second-order valence-electron chi connectivity index (χ2n) is 5.76. The molecule has 28 heavy (non-hydrogen) atoms. The Balaban J connectivity index is 1.94. The predicted molar refractivity (Wildman–Crippen MR) is 118 cm³/mol. The number of benzene rings is 2. The number of carbonyl (C=O) groups is 2. The van der Waals surface area contributed by atoms with Crippen molar-refractivity contribution in [1.82, 2.24) is 4.90 Å². The van der Waals surface area contributed by atoms with Crippen LogP contribution in [0.15, 0.2) is 44.2 Å². The maximum Gasteiger partial charge on any atom is 0.293 e. The molecule has 2 aromatic carbocycles. The lowest BCUT2D eigenvalue weighted by molar-refractivity contribution is -0.123. The molecule has 5 nitrogen and oxygen atoms in total. The van der Waals surface area contributed by atoms with Gasteiger partial charge in [0.2, 0.25) is 0 Å². The summed E-state index contributed by atoms with van der Waals surface area (Å²) in [4.78, 5) is 26.5. The first kappa shape index (κ1) is 21.2. The fraction of sp³-hybridized carbons (Fsp3) is 0.158. The molecular weight excluding hydrogens is 534 g/mol. The summed E-state index contributed by atoms with van der Waals surface area (Å²) in [5.74, 6) is -0.264. The second kappa shape index (κ2) is 8.90. The Labute approximate surface area is 187 Å². The van der Waals surface area contributed by atoms with Crippen molar-refractivity contribution in [2.24, 2.45) is 0 Å². The highest BCUT2D eigenvalue weighted by molar-refractivity contribution is 9.13. The van der Waals surface area contributed by atoms with Crippen molar-refractivity contribution in [3.63, 3.8) is 0 Å². The lowest BCUT2D eigenvalue weighted by Gasteiger charge is -2.13. The van der Waals surface area contributed by atoms with Crippen LogP contribution in [0.3, 0.4) is 0 Å². The van der Waals surface area contributed by atoms with E-state index in [0.717, 1.165) is 22.2 Å². The molecule has 0 unspecified atom stereocenters. The van der Waals surface area contributed by atoms with Gasteiger partial charge in [0.05, 0.1) is 18.1 Å². The molecular formula is C19H14Br2ClNO4S. The van der Waals surface area contributed by atoms with Crippen LogP contribution in [0.2, 0.25) is 5.02 Å². The molecule has 146 valence electrons. The predicted octanol–water partition coefficient (Wildman–Crippen LogP) is 6.21. The SMILES string of the molecule is CCOc1cc(Br)c(Br)c(/C=C2\SC(=O)N(Cc3cccc(Cl)c3)C2=O)c1O. The van der Waals surface area contributed by atoms with Gasteiger partial charge in [-0.15, -0.1) is 0 Å². The first-order valence-electron chi connectivity index (χ1n) is 8.15. The molecule has 0 radical (unpaired) electrons. The third kappa shape index (κ3) is 4.40. The topological polar surface area (TPSA) is 66.8 Å². The van der Waals surface area contributed by atoms with Crippen LogP contribution in [0.4, 0.5) is 4.79 Å². The van der Waals surface area contributed by atoms with Gasteiger partial charge in [-0.2, -0.15) is 0 Å². The maximum absolute atomic E-state index is 12.8. The Morgan fingerprint density at radius 1 is 1.29 bits per heavy atom. The Hall–Kier alpha value is -1.48. The number of hydrogen-bond acceptors (Lipinski definition) is 5. The molecule has 0 aromatic heterocycles. The van der Waals surface area contributed by atoms with Gasteiger partial charge >= 0.3 is 0 Å². The van der Waals surface area contributed by atoms with E-state index in [4.69, 9.17) is 16.3 Å². The summed E-state index contributed by atoms with van der Waals surface area (Å²) in [6.45, 7) is 2.30. The van der Waals surface area contributed by atoms with Crippen molar-refractivity contribution < 1.29 is 19.4 Å². The van der Waals surface area contributed by atoms with E-state index in [1.54, 1.807) is 37.3 Å². The van der Waals surface area contributed by atoms with Crippen LogP contribution >= 0.6 is 55.2 Å². The summed E-state index contributed by atoms with van der Waals surface area (Å²) in [5.41, 5.74) is 1.10. The van der Waals surface area contributed by atoms with E-state index in [1.807, 2.05) is 0 Å². The quantitative estimate of drug-likeness (QED) is 0.451. The molecule has 1 aliphatic rings. The lowest BCUT2D eigenvalue weighted by atomic mass is 10.1. The number of thioether (sulfide) groups is 1. The number of ether oxygens (including phenoxy) is 1. The molecule has 1 aliphatic heterocycles. The van der Waals surface area contributed by atoms with Crippen molar-refractivity contribution in [3.8, 4) is 11.5 Å². The summed E-state index contributed by atoms with van der Waals surface area (Å²) in [6.07, 6.45) is 1.48. The molecule has 0 atom stereocenters. The van der Waals surface area contributed by atoms with Gasteiger partial charge in [0.1, 0.15) is 0 Å². The lowest BCUT2D eigenvalue weighted by Crippen LogP contribution is -2.27. The van der Waals surface area contributed by atoms with E-state index in [9.17, 15) is 14.7 Å². The number of phenols is 1. The van der Waals surface area contributed by atoms with Crippen LogP contribution in [-0.2, 0) is 11.3 Å². The smallest absolute Gasteiger partial charge is 0.293 e. The number of amides is 2. The van der Waals surface area contributed by atoms with E-state index in [1.165, 1.54) is 6.08 Å². The average molecular weight is 548 g/mol. The number of hydrogen-bond donors (Lipinski definition) is 1. The Kier molecular flexibility index (Phi) is 6.75. The van der Waals surface area contributed by atoms with E-state index < -0.39 is 5.91 Å². The van der Waals surface area contributed by atoms with Crippen LogP contribution in [0.1, 0.15) is 18.1 Å². The first-order valence-corrected chi connectivity index (χ1v) is 10.9. The third-order valence-electron chi connectivity index (χ3n) is 3.87. The summed E-state index contributed by atoms with van der Waals surface area (Å²) in [7, 11) is 0. The highest BCUT2D eigenvalue weighted by Crippen LogP contribution is 2.44. The number of phenolic OH excluding ortho intramolecular Hbond substituents is 1. The second-order valence-corrected chi connectivity index (χ2v) is 8.84. The van der Waals surface area contributed by atoms with Crippen molar-refractivity contribution >= 4 is 72.4 Å². The highest BCUT2D eigenvalue weighted by atomic mass is 79.9. The van der Waals surface area contributed by atoms with Crippen molar-refractivity contribution in [1.29, 1.82) is 0 Å². The van der Waals surface area contributed by atoms with Gasteiger partial charge < -0.3 is 9.84 Å². The maximum atomic E-state index is 12.8. The largest absolute Gasteiger partial charge is 0.504 e. The molecule has 2 aromatic rings. The van der Waals surface area contributed by atoms with Gasteiger partial charge in [0.25, 0.3) is 11.1 Å². The summed E-state index contributed by atoms with van der Waals surface area (Å²) < 4.78 is 6.63. The standard InChI is InChI=1S/C19H14Br2ClNO4S/c1-2-27-14-8-13(20)16(21)12(17(14)24)7-15-18(25)23(19(26)28-15)9-10-4-3-5-11(22)6-10/h3-8,24H,2,9H2,1H3/b15-7-. The molecule has 9 heteroatoms. The fourth-order valence-electron chi connectivity index (χ4n) is 2.59. The Bertz CT molecular complexity index is 996. The molecule has 1 N–H and O–H groups in total. The Morgan fingerprint density at radius 3 is 2.71 bits per heavy atom. The minimum atomic E-state index is -0.431. The number of aromatic hydroxyl groups is 1. The molecule has 0 spiro atoms. The summed E-state index contributed by atoms with van der Waals surface area (Å²) in [5, 5.41) is 10.7. The number of imide groups is 1. The van der Waals surface area contributed by atoms with Gasteiger partial charge in [0.15, 0.2) is 11.5 Å². The van der Waals surface area contributed by atoms with E-state index in [-0.39, 0.29) is 28.2 Å². The van der Waals surface area contributed by atoms with Gasteiger partial charge in [0, 0.05) is 19.5 Å². The van der Waals surface area contributed by atoms with Crippen molar-refractivity contribution in [3.05, 3.63) is 60.3 Å². The van der Waals surface area contributed by atoms with Crippen LogP contribution in [-0.4, -0.2) is 27.8 Å². The zero-order valence-electron chi connectivity index (χ0n) is 14.5. The zero-order chi connectivity index (χ0) is 20.4. The van der Waals surface area contributed by atoms with Gasteiger partial charge in [-0.3, -0.25) is 14.5 Å². The molecule has 0 aliphatic carbocycles. The van der Waals surface area contributed by atoms with Crippen LogP contribution < -0.4 is 4.74 Å². The van der Waals surface area contributed by atoms with Gasteiger partial charge in [-0.05, 0) is 80.4 Å². The number of carbonyl (C=O) groups excluding carboxylic acids is 2.